The number of fused-ring (bicyclic) bond motifs is 11. The molecule has 5 heterocycles. The zero-order valence-electron chi connectivity index (χ0n) is 51.2. The Labute approximate surface area is 524 Å². The summed E-state index contributed by atoms with van der Waals surface area (Å²) in [7, 11) is 1.55. The van der Waals surface area contributed by atoms with Crippen LogP contribution in [0.4, 0.5) is 0 Å². The summed E-state index contributed by atoms with van der Waals surface area (Å²) in [6.07, 6.45) is 12.3. The van der Waals surface area contributed by atoms with Crippen molar-refractivity contribution in [3.63, 3.8) is 0 Å². The van der Waals surface area contributed by atoms with Crippen LogP contribution in [0.5, 0.6) is 28.7 Å². The monoisotopic (exact) mass is 1220 g/mol. The lowest BCUT2D eigenvalue weighted by molar-refractivity contribution is -0.149. The summed E-state index contributed by atoms with van der Waals surface area (Å²) in [6.45, 7) is -0.205. The molecular formula is C74H84N4O12. The molecule has 5 aliphatic carbocycles. The third-order valence-corrected chi connectivity index (χ3v) is 22.5. The number of aliphatic hydroxyl groups excluding tert-OH is 4. The smallest absolute Gasteiger partial charge is 0.318 e. The molecule has 2 spiro atoms. The minimum absolute atomic E-state index is 0.00298. The van der Waals surface area contributed by atoms with Gasteiger partial charge in [-0.25, -0.2) is 0 Å². The number of aromatic hydroxyl groups is 3. The number of methoxy groups -OCH3 is 1. The predicted octanol–water partition coefficient (Wildman–Crippen LogP) is 11.1. The molecule has 14 atom stereocenters. The number of para-hydroxylation sites is 1. The van der Waals surface area contributed by atoms with Gasteiger partial charge in [0.05, 0.1) is 54.4 Å². The molecule has 7 aromatic rings. The lowest BCUT2D eigenvalue weighted by atomic mass is 9.47. The van der Waals surface area contributed by atoms with Crippen LogP contribution in [0.2, 0.25) is 0 Å². The number of hydrogen-bond donors (Lipinski definition) is 10. The van der Waals surface area contributed by atoms with Gasteiger partial charge in [-0.2, -0.15) is 0 Å². The molecule has 472 valence electrons. The Bertz CT molecular complexity index is 3940. The van der Waals surface area contributed by atoms with Gasteiger partial charge in [0.15, 0.2) is 23.0 Å². The molecule has 5 fully saturated rings. The van der Waals surface area contributed by atoms with E-state index in [1.807, 2.05) is 42.6 Å². The molecule has 4 saturated carbocycles. The Balaban J connectivity index is 0.945. The zero-order valence-corrected chi connectivity index (χ0v) is 51.2. The maximum absolute atomic E-state index is 15.7. The normalized spacial score (nSPS) is 30.8. The SMILES string of the molecule is COc1cc2c(cc1O)C1=CC3CC4(CC(CCCO)C5(C4)NC4C(O)CCCC4CC5n4c(-c5cccc(O)c5)cc5[nH]ccc54)C4CC(O)CCC4C3C2CC(=O)CC(CCc2ccc(O)c(OCCO)c2)OC(=O)CC#CCc2c1[nH]c1ccccc21. The summed E-state index contributed by atoms with van der Waals surface area (Å²) in [5, 5.41) is 84.1. The molecule has 7 aliphatic rings. The second-order valence-corrected chi connectivity index (χ2v) is 27.4. The van der Waals surface area contributed by atoms with Gasteiger partial charge in [-0.15, -0.1) is 0 Å². The van der Waals surface area contributed by atoms with Gasteiger partial charge in [0, 0.05) is 65.7 Å². The molecule has 1 saturated heterocycles. The fourth-order valence-electron chi connectivity index (χ4n) is 19.1. The number of aromatic nitrogens is 3. The number of benzene rings is 4. The second-order valence-electron chi connectivity index (χ2n) is 27.4. The number of aromatic amines is 2. The number of Topliss-reactive ketones (excluding diaryl/α,β-unsaturated/α-hetero) is 1. The number of rotatable bonds is 12. The topological polar surface area (TPSA) is 252 Å². The van der Waals surface area contributed by atoms with Crippen molar-refractivity contribution in [2.75, 3.05) is 26.9 Å². The minimum Gasteiger partial charge on any atom is -0.508 e. The Morgan fingerprint density at radius 3 is 2.53 bits per heavy atom. The average molecular weight is 1220 g/mol. The van der Waals surface area contributed by atoms with Gasteiger partial charge in [0.2, 0.25) is 0 Å². The van der Waals surface area contributed by atoms with Crippen molar-refractivity contribution in [2.24, 2.45) is 40.9 Å². The molecule has 16 heteroatoms. The van der Waals surface area contributed by atoms with Gasteiger partial charge in [-0.05, 0) is 207 Å². The highest BCUT2D eigenvalue weighted by Gasteiger charge is 2.67. The molecular weight excluding hydrogens is 1140 g/mol. The molecule has 2 bridgehead atoms. The first-order valence-electron chi connectivity index (χ1n) is 32.9. The molecule has 14 unspecified atom stereocenters. The van der Waals surface area contributed by atoms with Crippen LogP contribution in [-0.4, -0.2) is 119 Å². The highest BCUT2D eigenvalue weighted by molar-refractivity contribution is 5.95. The number of aryl methyl sites for hydroxylation is 1. The average Bonchev–Trinajstić information content (AvgIpc) is 1.51. The summed E-state index contributed by atoms with van der Waals surface area (Å²) in [6, 6.07) is 28.5. The van der Waals surface area contributed by atoms with Crippen LogP contribution in [-0.2, 0) is 27.2 Å². The van der Waals surface area contributed by atoms with Gasteiger partial charge < -0.3 is 69.8 Å². The predicted molar refractivity (Wildman–Crippen MR) is 342 cm³/mol. The summed E-state index contributed by atoms with van der Waals surface area (Å²) in [5.74, 6) is 5.94. The van der Waals surface area contributed by atoms with Crippen molar-refractivity contribution >= 4 is 39.3 Å². The number of aliphatic hydroxyl groups is 4. The van der Waals surface area contributed by atoms with Crippen molar-refractivity contribution in [3.8, 4) is 51.8 Å². The van der Waals surface area contributed by atoms with Crippen LogP contribution in [0.15, 0.2) is 103 Å². The largest absolute Gasteiger partial charge is 0.508 e. The van der Waals surface area contributed by atoms with E-state index in [1.54, 1.807) is 25.3 Å². The number of cyclic esters (lactones) is 1. The highest BCUT2D eigenvalue weighted by Crippen LogP contribution is 2.71. The van der Waals surface area contributed by atoms with E-state index in [9.17, 15) is 40.5 Å². The first-order chi connectivity index (χ1) is 43.7. The number of H-pyrrole nitrogens is 2. The number of piperidine rings is 1. The van der Waals surface area contributed by atoms with E-state index >= 15 is 4.79 Å². The molecule has 14 rings (SSSR count). The lowest BCUT2D eigenvalue weighted by Crippen LogP contribution is -2.67. The number of phenols is 3. The third-order valence-electron chi connectivity index (χ3n) is 22.5. The molecule has 90 heavy (non-hydrogen) atoms. The number of hydrogen-bond acceptors (Lipinski definition) is 13. The van der Waals surface area contributed by atoms with Crippen molar-refractivity contribution < 1.29 is 59.5 Å². The number of nitrogens with one attached hydrogen (secondary N) is 3. The summed E-state index contributed by atoms with van der Waals surface area (Å²) >= 11 is 0. The second kappa shape index (κ2) is 24.6. The number of phenolic OH excluding ortho intramolecular Hbond substituents is 3. The van der Waals surface area contributed by atoms with Gasteiger partial charge in [-0.3, -0.25) is 9.59 Å². The van der Waals surface area contributed by atoms with Crippen LogP contribution >= 0.6 is 0 Å². The molecule has 2 aliphatic heterocycles. The van der Waals surface area contributed by atoms with Crippen molar-refractivity contribution in [1.29, 1.82) is 0 Å². The zero-order chi connectivity index (χ0) is 62.0. The van der Waals surface area contributed by atoms with Crippen molar-refractivity contribution in [1.82, 2.24) is 19.9 Å². The first-order valence-corrected chi connectivity index (χ1v) is 32.9. The van der Waals surface area contributed by atoms with Gasteiger partial charge in [0.25, 0.3) is 0 Å². The van der Waals surface area contributed by atoms with Gasteiger partial charge >= 0.3 is 5.97 Å². The van der Waals surface area contributed by atoms with Crippen LogP contribution in [0.25, 0.3) is 38.8 Å². The molecule has 3 aromatic heterocycles. The van der Waals surface area contributed by atoms with Crippen LogP contribution in [0, 0.1) is 52.8 Å². The van der Waals surface area contributed by atoms with Crippen LogP contribution < -0.4 is 14.8 Å². The number of allylic oxidation sites excluding steroid dienone is 1. The summed E-state index contributed by atoms with van der Waals surface area (Å²) < 4.78 is 20.5. The van der Waals surface area contributed by atoms with E-state index in [2.05, 4.69) is 68.1 Å². The van der Waals surface area contributed by atoms with Gasteiger partial charge in [-0.1, -0.05) is 60.7 Å². The molecule has 10 N–H and O–H groups in total. The van der Waals surface area contributed by atoms with Gasteiger partial charge in [0.1, 0.15) is 30.7 Å². The fourth-order valence-corrected chi connectivity index (χ4v) is 19.1. The van der Waals surface area contributed by atoms with Crippen molar-refractivity contribution in [2.45, 2.75) is 157 Å². The van der Waals surface area contributed by atoms with E-state index in [1.165, 1.54) is 6.07 Å². The summed E-state index contributed by atoms with van der Waals surface area (Å²) in [5.41, 5.74) is 9.00. The number of nitrogens with zero attached hydrogens (tertiary/aromatic N) is 1. The maximum atomic E-state index is 15.7. The van der Waals surface area contributed by atoms with E-state index in [0.29, 0.717) is 50.7 Å². The first kappa shape index (κ1) is 60.1. The Morgan fingerprint density at radius 1 is 0.822 bits per heavy atom. The third kappa shape index (κ3) is 10.8. The molecule has 0 radical (unpaired) electrons. The Kier molecular flexibility index (Phi) is 16.4. The van der Waals surface area contributed by atoms with E-state index < -0.39 is 41.2 Å². The number of carbonyl (C=O) groups excluding carboxylic acids is 2. The Hall–Kier alpha value is -7.52. The van der Waals surface area contributed by atoms with Crippen molar-refractivity contribution in [3.05, 3.63) is 131 Å². The quantitative estimate of drug-likeness (QED) is 0.0404. The minimum atomic E-state index is -0.823. The maximum Gasteiger partial charge on any atom is 0.318 e. The number of esters is 1. The van der Waals surface area contributed by atoms with Crippen LogP contribution in [0.1, 0.15) is 143 Å². The van der Waals surface area contributed by atoms with E-state index in [4.69, 9.17) is 14.2 Å². The number of carbonyl (C=O) groups is 2. The Morgan fingerprint density at radius 2 is 1.69 bits per heavy atom. The highest BCUT2D eigenvalue weighted by atomic mass is 16.5. The van der Waals surface area contributed by atoms with E-state index in [0.717, 1.165) is 118 Å². The molecule has 0 amide bonds. The fraction of sp³-hybridized carbons (Fsp3) is 0.486. The standard InChI is InChI=1S/C74H84N4O12/c1-88-66-37-55-54(36-65(66)86)57-31-45-39-73(40-46(11-8-26-79)74(41-73)68(32-44-10-7-16-64(85)71(44)77-74)78-61-24-25-75-60(61)38-62(78)43-9-6-12-47(81)30-43)58-35-48(82)20-22-53(58)70(45)56(55)34-49(83)33-50(21-18-42-19-23-63(84)67(29-42)89-28-27-80)90-69(87)17-5-3-14-52-51-13-2-4-15-59(51)76-72(52)57/h2,4,6,9,12-13,15,19,23-25,29-31,36-38,44-46,48,50,53,56,58,64,68,70-71,75-77,79-82,84-86H,7-8,10-11,14,16-18,20-22,26-28,32-35,39-41H2,1H3. The molecule has 16 nitrogen and oxygen atoms in total. The molecule has 4 aromatic carbocycles. The number of ether oxygens (including phenoxy) is 3. The lowest BCUT2D eigenvalue weighted by Gasteiger charge is -2.59. The van der Waals surface area contributed by atoms with Crippen LogP contribution in [0.3, 0.4) is 0 Å². The number of ketones is 1. The summed E-state index contributed by atoms with van der Waals surface area (Å²) in [4.78, 5) is 37.0. The van der Waals surface area contributed by atoms with E-state index in [-0.39, 0.29) is 115 Å².